The van der Waals surface area contributed by atoms with E-state index in [-0.39, 0.29) is 5.91 Å². The highest BCUT2D eigenvalue weighted by atomic mass is 35.5. The summed E-state index contributed by atoms with van der Waals surface area (Å²) in [5, 5.41) is 4.02. The summed E-state index contributed by atoms with van der Waals surface area (Å²) < 4.78 is 0. The second kappa shape index (κ2) is 7.48. The molecule has 0 aliphatic rings. The van der Waals surface area contributed by atoms with Crippen molar-refractivity contribution >= 4 is 40.9 Å². The molecule has 0 fully saturated rings. The molecule has 114 valence electrons. The predicted molar refractivity (Wildman–Crippen MR) is 94.7 cm³/mol. The van der Waals surface area contributed by atoms with Crippen LogP contribution in [0.15, 0.2) is 42.5 Å². The average molecular weight is 334 g/mol. The van der Waals surface area contributed by atoms with Gasteiger partial charge >= 0.3 is 0 Å². The molecular weight excluding hydrogens is 317 g/mol. The van der Waals surface area contributed by atoms with Crippen molar-refractivity contribution in [1.82, 2.24) is 0 Å². The first-order valence-corrected chi connectivity index (χ1v) is 7.79. The number of carbonyl (C=O) groups is 1. The first-order valence-electron chi connectivity index (χ1n) is 7.04. The van der Waals surface area contributed by atoms with E-state index >= 15 is 0 Å². The second-order valence-electron chi connectivity index (χ2n) is 4.95. The minimum absolute atomic E-state index is 0.185. The van der Waals surface area contributed by atoms with Crippen LogP contribution in [0.25, 0.3) is 6.08 Å². The lowest BCUT2D eigenvalue weighted by atomic mass is 10.1. The summed E-state index contributed by atoms with van der Waals surface area (Å²) in [6.45, 7) is 4.04. The van der Waals surface area contributed by atoms with E-state index in [1.807, 2.05) is 25.1 Å². The number of amides is 1. The Labute approximate surface area is 140 Å². The molecule has 1 N–H and O–H groups in total. The van der Waals surface area contributed by atoms with Gasteiger partial charge in [0.1, 0.15) is 0 Å². The summed E-state index contributed by atoms with van der Waals surface area (Å²) in [4.78, 5) is 12.1. The van der Waals surface area contributed by atoms with Gasteiger partial charge in [-0.15, -0.1) is 0 Å². The van der Waals surface area contributed by atoms with Crippen LogP contribution >= 0.6 is 23.2 Å². The number of para-hydroxylation sites is 1. The van der Waals surface area contributed by atoms with Gasteiger partial charge in [0.15, 0.2) is 0 Å². The maximum absolute atomic E-state index is 12.1. The van der Waals surface area contributed by atoms with Crippen LogP contribution in [0.4, 0.5) is 5.69 Å². The SMILES string of the molecule is CCc1cccc(C)c1NC(=O)/C=C/c1ccc(Cl)cc1Cl. The number of benzene rings is 2. The van der Waals surface area contributed by atoms with Gasteiger partial charge in [0.05, 0.1) is 0 Å². The topological polar surface area (TPSA) is 29.1 Å². The van der Waals surface area contributed by atoms with Crippen molar-refractivity contribution in [2.45, 2.75) is 20.3 Å². The zero-order valence-electron chi connectivity index (χ0n) is 12.5. The Balaban J connectivity index is 2.15. The van der Waals surface area contributed by atoms with E-state index in [9.17, 15) is 4.79 Å². The van der Waals surface area contributed by atoms with E-state index in [0.29, 0.717) is 10.0 Å². The van der Waals surface area contributed by atoms with Crippen molar-refractivity contribution in [2.75, 3.05) is 5.32 Å². The quantitative estimate of drug-likeness (QED) is 0.733. The minimum Gasteiger partial charge on any atom is -0.322 e. The van der Waals surface area contributed by atoms with Gasteiger partial charge in [-0.05, 0) is 48.2 Å². The molecule has 2 rings (SSSR count). The average Bonchev–Trinajstić information content (AvgIpc) is 2.48. The molecule has 2 aromatic rings. The largest absolute Gasteiger partial charge is 0.322 e. The Morgan fingerprint density at radius 2 is 2.00 bits per heavy atom. The lowest BCUT2D eigenvalue weighted by Crippen LogP contribution is -2.11. The molecule has 0 heterocycles. The molecule has 0 saturated heterocycles. The fourth-order valence-electron chi connectivity index (χ4n) is 2.17. The highest BCUT2D eigenvalue weighted by molar-refractivity contribution is 6.35. The number of hydrogen-bond donors (Lipinski definition) is 1. The summed E-state index contributed by atoms with van der Waals surface area (Å²) in [5.74, 6) is -0.185. The van der Waals surface area contributed by atoms with Gasteiger partial charge in [0.2, 0.25) is 5.91 Å². The van der Waals surface area contributed by atoms with Crippen LogP contribution in [0.2, 0.25) is 10.0 Å². The zero-order valence-corrected chi connectivity index (χ0v) is 14.0. The molecule has 0 spiro atoms. The fourth-order valence-corrected chi connectivity index (χ4v) is 2.64. The van der Waals surface area contributed by atoms with Crippen LogP contribution in [0.1, 0.15) is 23.6 Å². The van der Waals surface area contributed by atoms with Crippen molar-refractivity contribution in [2.24, 2.45) is 0 Å². The third-order valence-corrected chi connectivity index (χ3v) is 3.93. The number of halogens is 2. The maximum atomic E-state index is 12.1. The summed E-state index contributed by atoms with van der Waals surface area (Å²) in [6, 6.07) is 11.2. The molecule has 22 heavy (non-hydrogen) atoms. The van der Waals surface area contributed by atoms with Crippen LogP contribution < -0.4 is 5.32 Å². The van der Waals surface area contributed by atoms with Gasteiger partial charge in [0.25, 0.3) is 0 Å². The molecule has 0 saturated carbocycles. The van der Waals surface area contributed by atoms with Gasteiger partial charge in [-0.1, -0.05) is 54.4 Å². The van der Waals surface area contributed by atoms with E-state index in [1.165, 1.54) is 6.08 Å². The summed E-state index contributed by atoms with van der Waals surface area (Å²) in [5.41, 5.74) is 3.79. The zero-order chi connectivity index (χ0) is 16.1. The molecule has 0 aromatic heterocycles. The van der Waals surface area contributed by atoms with Crippen LogP contribution in [0.5, 0.6) is 0 Å². The van der Waals surface area contributed by atoms with Gasteiger partial charge in [0, 0.05) is 21.8 Å². The number of rotatable bonds is 4. The molecular formula is C18H17Cl2NO. The van der Waals surface area contributed by atoms with Gasteiger partial charge in [-0.25, -0.2) is 0 Å². The van der Waals surface area contributed by atoms with Crippen molar-refractivity contribution in [1.29, 1.82) is 0 Å². The Bertz CT molecular complexity index is 723. The van der Waals surface area contributed by atoms with Gasteiger partial charge in [-0.3, -0.25) is 4.79 Å². The molecule has 1 amide bonds. The number of carbonyl (C=O) groups excluding carboxylic acids is 1. The third kappa shape index (κ3) is 4.12. The summed E-state index contributed by atoms with van der Waals surface area (Å²) in [6.07, 6.45) is 4.02. The first-order chi connectivity index (χ1) is 10.5. The fraction of sp³-hybridized carbons (Fsp3) is 0.167. The number of hydrogen-bond acceptors (Lipinski definition) is 1. The smallest absolute Gasteiger partial charge is 0.248 e. The lowest BCUT2D eigenvalue weighted by Gasteiger charge is -2.11. The van der Waals surface area contributed by atoms with E-state index in [2.05, 4.69) is 12.2 Å². The highest BCUT2D eigenvalue weighted by Gasteiger charge is 2.06. The monoisotopic (exact) mass is 333 g/mol. The number of nitrogens with one attached hydrogen (secondary N) is 1. The van der Waals surface area contributed by atoms with Gasteiger partial charge < -0.3 is 5.32 Å². The van der Waals surface area contributed by atoms with Crippen LogP contribution in [-0.2, 0) is 11.2 Å². The molecule has 0 atom stereocenters. The normalized spacial score (nSPS) is 10.9. The van der Waals surface area contributed by atoms with Crippen molar-refractivity contribution in [3.05, 3.63) is 69.2 Å². The van der Waals surface area contributed by atoms with Crippen molar-refractivity contribution < 1.29 is 4.79 Å². The van der Waals surface area contributed by atoms with Crippen LogP contribution in [-0.4, -0.2) is 5.91 Å². The number of aryl methyl sites for hydroxylation is 2. The lowest BCUT2D eigenvalue weighted by molar-refractivity contribution is -0.111. The van der Waals surface area contributed by atoms with E-state index in [4.69, 9.17) is 23.2 Å². The molecule has 0 aliphatic heterocycles. The molecule has 2 nitrogen and oxygen atoms in total. The molecule has 0 radical (unpaired) electrons. The number of anilines is 1. The predicted octanol–water partition coefficient (Wildman–Crippen LogP) is 5.52. The Morgan fingerprint density at radius 3 is 2.68 bits per heavy atom. The summed E-state index contributed by atoms with van der Waals surface area (Å²) >= 11 is 11.9. The molecule has 0 bridgehead atoms. The highest BCUT2D eigenvalue weighted by Crippen LogP contribution is 2.23. The van der Waals surface area contributed by atoms with E-state index < -0.39 is 0 Å². The van der Waals surface area contributed by atoms with Crippen molar-refractivity contribution in [3.63, 3.8) is 0 Å². The third-order valence-electron chi connectivity index (χ3n) is 3.36. The maximum Gasteiger partial charge on any atom is 0.248 e. The Kier molecular flexibility index (Phi) is 5.64. The Morgan fingerprint density at radius 1 is 1.23 bits per heavy atom. The standard InChI is InChI=1S/C18H17Cl2NO/c1-3-13-6-4-5-12(2)18(13)21-17(22)10-8-14-7-9-15(19)11-16(14)20/h4-11H,3H2,1-2H3,(H,21,22)/b10-8+. The first kappa shape index (κ1) is 16.6. The van der Waals surface area contributed by atoms with Crippen LogP contribution in [0, 0.1) is 6.92 Å². The minimum atomic E-state index is -0.185. The molecule has 0 aliphatic carbocycles. The second-order valence-corrected chi connectivity index (χ2v) is 5.79. The van der Waals surface area contributed by atoms with E-state index in [0.717, 1.165) is 28.8 Å². The Hall–Kier alpha value is -1.77. The van der Waals surface area contributed by atoms with Gasteiger partial charge in [-0.2, -0.15) is 0 Å². The molecule has 4 heteroatoms. The van der Waals surface area contributed by atoms with Crippen molar-refractivity contribution in [3.8, 4) is 0 Å². The summed E-state index contributed by atoms with van der Waals surface area (Å²) in [7, 11) is 0. The molecule has 2 aromatic carbocycles. The van der Waals surface area contributed by atoms with E-state index in [1.54, 1.807) is 24.3 Å². The van der Waals surface area contributed by atoms with Crippen LogP contribution in [0.3, 0.4) is 0 Å². The molecule has 0 unspecified atom stereocenters.